The number of hydrogen-bond acceptors (Lipinski definition) is 7. The Morgan fingerprint density at radius 1 is 0.708 bits per heavy atom. The molecule has 3 amide bonds. The van der Waals surface area contributed by atoms with E-state index in [4.69, 9.17) is 5.73 Å². The molecule has 13 nitrogen and oxygen atoms in total. The quantitative estimate of drug-likeness (QED) is 0.0832. The molecule has 0 saturated heterocycles. The maximum Gasteiger partial charge on any atom is 0.326 e. The van der Waals surface area contributed by atoms with Gasteiger partial charge in [-0.05, 0) is 41.3 Å². The fraction of sp³-hybridized carbons (Fsp3) is 0.229. The molecule has 4 unspecified atom stereocenters. The molecule has 0 spiro atoms. The summed E-state index contributed by atoms with van der Waals surface area (Å²) in [4.78, 5) is 63.1. The number of hydrogen-bond donors (Lipinski definition) is 8. The molecule has 0 aliphatic rings. The van der Waals surface area contributed by atoms with Gasteiger partial charge >= 0.3 is 5.97 Å². The van der Waals surface area contributed by atoms with Gasteiger partial charge in [-0.3, -0.25) is 14.4 Å². The van der Waals surface area contributed by atoms with E-state index in [2.05, 4.69) is 30.9 Å². The summed E-state index contributed by atoms with van der Waals surface area (Å²) in [5.74, 6) is -3.21. The summed E-state index contributed by atoms with van der Waals surface area (Å²) in [6.45, 7) is 0. The standard InChI is InChI=1S/C35H37N7O6/c36-27(14-21-6-2-1-3-7-21)32(44)40-29(15-22-10-12-25(43)13-11-22)33(45)41-30(17-24-19-37-20-39-24)34(46)42-31(35(47)48)16-23-18-38-28-9-5-4-8-26(23)28/h1-13,18-20,27,29-31,38,43H,14-17,36H2,(H,37,39)(H,40,44)(H,41,45)(H,42,46)(H,47,48). The van der Waals surface area contributed by atoms with Crippen LogP contribution in [0.25, 0.3) is 10.9 Å². The van der Waals surface area contributed by atoms with Crippen LogP contribution in [0.4, 0.5) is 0 Å². The lowest BCUT2D eigenvalue weighted by molar-refractivity contribution is -0.142. The monoisotopic (exact) mass is 651 g/mol. The van der Waals surface area contributed by atoms with Crippen LogP contribution in [-0.2, 0) is 44.9 Å². The number of benzene rings is 3. The number of aliphatic carboxylic acids is 1. The van der Waals surface area contributed by atoms with Crippen molar-refractivity contribution in [3.05, 3.63) is 120 Å². The SMILES string of the molecule is NC(Cc1ccccc1)C(=O)NC(Cc1ccc(O)cc1)C(=O)NC(Cc1cnc[nH]1)C(=O)NC(Cc1c[nH]c2ccccc12)C(=O)O. The predicted octanol–water partition coefficient (Wildman–Crippen LogP) is 1.73. The number of carbonyl (C=O) groups is 4. The number of imidazole rings is 1. The minimum atomic E-state index is -1.30. The summed E-state index contributed by atoms with van der Waals surface area (Å²) in [6, 6.07) is 18.1. The number of phenolic OH excluding ortho intramolecular Hbond substituents is 1. The summed E-state index contributed by atoms with van der Waals surface area (Å²) in [7, 11) is 0. The lowest BCUT2D eigenvalue weighted by atomic mass is 10.0. The number of aromatic hydroxyl groups is 1. The average molecular weight is 652 g/mol. The normalized spacial score (nSPS) is 13.6. The van der Waals surface area contributed by atoms with E-state index in [0.717, 1.165) is 16.5 Å². The maximum absolute atomic E-state index is 13.9. The molecule has 0 saturated carbocycles. The lowest BCUT2D eigenvalue weighted by Gasteiger charge is -2.25. The fourth-order valence-corrected chi connectivity index (χ4v) is 5.41. The Hall–Kier alpha value is -5.95. The van der Waals surface area contributed by atoms with Gasteiger partial charge in [0.15, 0.2) is 0 Å². The van der Waals surface area contributed by atoms with Crippen LogP contribution in [-0.4, -0.2) is 73.0 Å². The van der Waals surface area contributed by atoms with Gasteiger partial charge in [0.25, 0.3) is 0 Å². The summed E-state index contributed by atoms with van der Waals surface area (Å²) in [5, 5.41) is 28.6. The Morgan fingerprint density at radius 2 is 1.33 bits per heavy atom. The summed E-state index contributed by atoms with van der Waals surface area (Å²) >= 11 is 0. The number of H-pyrrole nitrogens is 2. The van der Waals surface area contributed by atoms with Crippen molar-refractivity contribution >= 4 is 34.6 Å². The van der Waals surface area contributed by atoms with E-state index in [1.807, 2.05) is 54.6 Å². The third kappa shape index (κ3) is 8.85. The van der Waals surface area contributed by atoms with E-state index in [9.17, 15) is 29.4 Å². The number of carboxylic acids is 1. The average Bonchev–Trinajstić information content (AvgIpc) is 3.75. The van der Waals surface area contributed by atoms with E-state index >= 15 is 0 Å². The summed E-state index contributed by atoms with van der Waals surface area (Å²) < 4.78 is 0. The number of fused-ring (bicyclic) bond motifs is 1. The maximum atomic E-state index is 13.9. The van der Waals surface area contributed by atoms with Crippen LogP contribution in [0, 0.1) is 0 Å². The van der Waals surface area contributed by atoms with Crippen molar-refractivity contribution in [2.75, 3.05) is 0 Å². The number of carbonyl (C=O) groups excluding carboxylic acids is 3. The molecule has 0 aliphatic carbocycles. The van der Waals surface area contributed by atoms with Crippen molar-refractivity contribution < 1.29 is 29.4 Å². The number of amides is 3. The molecule has 0 bridgehead atoms. The number of aromatic amines is 2. The molecule has 4 atom stereocenters. The van der Waals surface area contributed by atoms with Gasteiger partial charge in [-0.2, -0.15) is 0 Å². The van der Waals surface area contributed by atoms with E-state index < -0.39 is 47.9 Å². The van der Waals surface area contributed by atoms with Gasteiger partial charge in [0.1, 0.15) is 23.9 Å². The minimum absolute atomic E-state index is 0.00531. The topological polar surface area (TPSA) is 215 Å². The van der Waals surface area contributed by atoms with Gasteiger partial charge in [0.2, 0.25) is 17.7 Å². The number of rotatable bonds is 15. The molecule has 0 fully saturated rings. The van der Waals surface area contributed by atoms with Crippen LogP contribution >= 0.6 is 0 Å². The van der Waals surface area contributed by atoms with Crippen molar-refractivity contribution in [3.63, 3.8) is 0 Å². The highest BCUT2D eigenvalue weighted by molar-refractivity contribution is 5.94. The molecule has 5 aromatic rings. The van der Waals surface area contributed by atoms with E-state index in [1.165, 1.54) is 24.7 Å². The first-order valence-corrected chi connectivity index (χ1v) is 15.4. The van der Waals surface area contributed by atoms with Crippen molar-refractivity contribution in [1.29, 1.82) is 0 Å². The van der Waals surface area contributed by atoms with Gasteiger partial charge < -0.3 is 41.9 Å². The Balaban J connectivity index is 1.34. The van der Waals surface area contributed by atoms with Crippen molar-refractivity contribution in [3.8, 4) is 5.75 Å². The highest BCUT2D eigenvalue weighted by Crippen LogP contribution is 2.19. The first kappa shape index (κ1) is 33.4. The van der Waals surface area contributed by atoms with Crippen molar-refractivity contribution in [2.24, 2.45) is 5.73 Å². The van der Waals surface area contributed by atoms with Gasteiger partial charge in [0.05, 0.1) is 12.4 Å². The first-order valence-electron chi connectivity index (χ1n) is 15.4. The Morgan fingerprint density at radius 3 is 2.02 bits per heavy atom. The van der Waals surface area contributed by atoms with Crippen LogP contribution in [0.1, 0.15) is 22.4 Å². The Kier molecular flexibility index (Phi) is 10.8. The first-order chi connectivity index (χ1) is 23.2. The Labute approximate surface area is 276 Å². The predicted molar refractivity (Wildman–Crippen MR) is 178 cm³/mol. The number of phenols is 1. The third-order valence-electron chi connectivity index (χ3n) is 7.97. The molecule has 9 N–H and O–H groups in total. The molecule has 2 aromatic heterocycles. The molecule has 248 valence electrons. The summed E-state index contributed by atoms with van der Waals surface area (Å²) in [6.07, 6.45) is 4.83. The molecule has 3 aromatic carbocycles. The van der Waals surface area contributed by atoms with Crippen LogP contribution in [0.2, 0.25) is 0 Å². The second-order valence-corrected chi connectivity index (χ2v) is 11.5. The number of para-hydroxylation sites is 1. The molecular formula is C35H37N7O6. The molecule has 2 heterocycles. The van der Waals surface area contributed by atoms with Crippen molar-refractivity contribution in [2.45, 2.75) is 49.9 Å². The molecule has 5 rings (SSSR count). The summed E-state index contributed by atoms with van der Waals surface area (Å²) in [5.41, 5.74) is 9.74. The van der Waals surface area contributed by atoms with Crippen molar-refractivity contribution in [1.82, 2.24) is 30.9 Å². The van der Waals surface area contributed by atoms with E-state index in [1.54, 1.807) is 18.3 Å². The zero-order chi connectivity index (χ0) is 34.0. The molecule has 0 radical (unpaired) electrons. The largest absolute Gasteiger partial charge is 0.508 e. The number of carboxylic acid groups (broad SMARTS) is 1. The zero-order valence-corrected chi connectivity index (χ0v) is 25.9. The number of nitrogens with two attached hydrogens (primary N) is 1. The molecule has 48 heavy (non-hydrogen) atoms. The number of nitrogens with one attached hydrogen (secondary N) is 5. The van der Waals surface area contributed by atoms with Gasteiger partial charge in [-0.15, -0.1) is 0 Å². The lowest BCUT2D eigenvalue weighted by Crippen LogP contribution is -2.58. The van der Waals surface area contributed by atoms with E-state index in [-0.39, 0.29) is 31.4 Å². The smallest absolute Gasteiger partial charge is 0.326 e. The number of aromatic nitrogens is 3. The van der Waals surface area contributed by atoms with Gasteiger partial charge in [-0.1, -0.05) is 60.7 Å². The second kappa shape index (κ2) is 15.6. The van der Waals surface area contributed by atoms with E-state index in [0.29, 0.717) is 16.8 Å². The van der Waals surface area contributed by atoms with Crippen LogP contribution < -0.4 is 21.7 Å². The fourth-order valence-electron chi connectivity index (χ4n) is 5.41. The highest BCUT2D eigenvalue weighted by atomic mass is 16.4. The van der Waals surface area contributed by atoms with Gasteiger partial charge in [-0.25, -0.2) is 9.78 Å². The Bertz CT molecular complexity index is 1840. The molecule has 0 aliphatic heterocycles. The molecule has 13 heteroatoms. The minimum Gasteiger partial charge on any atom is -0.508 e. The second-order valence-electron chi connectivity index (χ2n) is 11.5. The number of nitrogens with zero attached hydrogens (tertiary/aromatic N) is 1. The van der Waals surface area contributed by atoms with Crippen LogP contribution in [0.5, 0.6) is 5.75 Å². The van der Waals surface area contributed by atoms with Gasteiger partial charge in [0, 0.05) is 48.3 Å². The third-order valence-corrected chi connectivity index (χ3v) is 7.97. The van der Waals surface area contributed by atoms with Crippen LogP contribution in [0.3, 0.4) is 0 Å². The zero-order valence-electron chi connectivity index (χ0n) is 25.9. The highest BCUT2D eigenvalue weighted by Gasteiger charge is 2.31. The van der Waals surface area contributed by atoms with Crippen LogP contribution in [0.15, 0.2) is 97.6 Å². The molecular weight excluding hydrogens is 614 g/mol.